The molecule has 1 N–H and O–H groups in total. The van der Waals surface area contributed by atoms with Crippen molar-refractivity contribution >= 4 is 17.5 Å². The van der Waals surface area contributed by atoms with Crippen LogP contribution in [0.25, 0.3) is 0 Å². The number of rotatable bonds is 7. The molecule has 5 heteroatoms. The van der Waals surface area contributed by atoms with Gasteiger partial charge in [0.1, 0.15) is 5.75 Å². The number of amides is 1. The summed E-state index contributed by atoms with van der Waals surface area (Å²) < 4.78 is 5.49. The number of halogens is 1. The minimum Gasteiger partial charge on any atom is -0.482 e. The molecule has 0 fully saturated rings. The van der Waals surface area contributed by atoms with Gasteiger partial charge in [-0.05, 0) is 36.1 Å². The summed E-state index contributed by atoms with van der Waals surface area (Å²) in [7, 11) is 0. The molecule has 0 saturated heterocycles. The summed E-state index contributed by atoms with van der Waals surface area (Å²) in [5.74, 6) is 0.616. The molecule has 0 spiro atoms. The molecule has 0 saturated carbocycles. The molecule has 0 aromatic heterocycles. The zero-order valence-corrected chi connectivity index (χ0v) is 15.1. The zero-order chi connectivity index (χ0) is 18.2. The monoisotopic (exact) mass is 356 g/mol. The van der Waals surface area contributed by atoms with Gasteiger partial charge in [-0.2, -0.15) is 5.26 Å². The van der Waals surface area contributed by atoms with Crippen molar-refractivity contribution in [1.29, 1.82) is 5.26 Å². The van der Waals surface area contributed by atoms with Crippen LogP contribution < -0.4 is 10.1 Å². The maximum Gasteiger partial charge on any atom is 0.258 e. The molecule has 0 aliphatic heterocycles. The van der Waals surface area contributed by atoms with Gasteiger partial charge in [0.15, 0.2) is 6.61 Å². The van der Waals surface area contributed by atoms with Crippen LogP contribution in [0.15, 0.2) is 48.5 Å². The Morgan fingerprint density at radius 3 is 2.56 bits per heavy atom. The van der Waals surface area contributed by atoms with Crippen molar-refractivity contribution in [3.63, 3.8) is 0 Å². The quantitative estimate of drug-likeness (QED) is 0.794. The Labute approximate surface area is 153 Å². The van der Waals surface area contributed by atoms with Gasteiger partial charge in [0.05, 0.1) is 22.7 Å². The summed E-state index contributed by atoms with van der Waals surface area (Å²) >= 11 is 6.05. The smallest absolute Gasteiger partial charge is 0.258 e. The Kier molecular flexibility index (Phi) is 6.85. The topological polar surface area (TPSA) is 62.1 Å². The van der Waals surface area contributed by atoms with E-state index in [0.717, 1.165) is 12.0 Å². The molecule has 4 nitrogen and oxygen atoms in total. The van der Waals surface area contributed by atoms with Crippen molar-refractivity contribution in [2.75, 3.05) is 6.61 Å². The van der Waals surface area contributed by atoms with Crippen molar-refractivity contribution in [2.45, 2.75) is 26.3 Å². The second-order valence-electron chi connectivity index (χ2n) is 6.21. The molecule has 1 amide bonds. The van der Waals surface area contributed by atoms with E-state index in [0.29, 0.717) is 22.3 Å². The van der Waals surface area contributed by atoms with Crippen molar-refractivity contribution < 1.29 is 9.53 Å². The molecule has 0 radical (unpaired) electrons. The molecule has 0 aliphatic carbocycles. The van der Waals surface area contributed by atoms with Gasteiger partial charge in [0.25, 0.3) is 5.91 Å². The highest BCUT2D eigenvalue weighted by Gasteiger charge is 2.16. The minimum atomic E-state index is -0.213. The fourth-order valence-electron chi connectivity index (χ4n) is 2.50. The third-order valence-electron chi connectivity index (χ3n) is 3.66. The van der Waals surface area contributed by atoms with Crippen LogP contribution in [-0.4, -0.2) is 12.5 Å². The number of nitriles is 1. The second kappa shape index (κ2) is 9.10. The number of carbonyl (C=O) groups is 1. The molecule has 130 valence electrons. The number of ether oxygens (including phenoxy) is 1. The fourth-order valence-corrected chi connectivity index (χ4v) is 2.74. The van der Waals surface area contributed by atoms with Gasteiger partial charge in [0.2, 0.25) is 0 Å². The maximum absolute atomic E-state index is 12.3. The number of hydrogen-bond donors (Lipinski definition) is 1. The Morgan fingerprint density at radius 2 is 1.96 bits per heavy atom. The Hall–Kier alpha value is -2.51. The van der Waals surface area contributed by atoms with E-state index in [4.69, 9.17) is 21.6 Å². The normalized spacial score (nSPS) is 11.6. The van der Waals surface area contributed by atoms with Gasteiger partial charge >= 0.3 is 0 Å². The lowest BCUT2D eigenvalue weighted by atomic mass is 9.97. The Bertz CT molecular complexity index is 754. The molecule has 2 aromatic rings. The van der Waals surface area contributed by atoms with Crippen LogP contribution in [0.3, 0.4) is 0 Å². The van der Waals surface area contributed by atoms with E-state index in [1.807, 2.05) is 36.4 Å². The number of carbonyl (C=O) groups excluding carboxylic acids is 1. The lowest BCUT2D eigenvalue weighted by Crippen LogP contribution is -2.33. The average Bonchev–Trinajstić information content (AvgIpc) is 2.60. The Morgan fingerprint density at radius 1 is 1.24 bits per heavy atom. The maximum atomic E-state index is 12.3. The first-order chi connectivity index (χ1) is 12.0. The lowest BCUT2D eigenvalue weighted by molar-refractivity contribution is -0.124. The first-order valence-corrected chi connectivity index (χ1v) is 8.54. The first kappa shape index (κ1) is 18.8. The van der Waals surface area contributed by atoms with Crippen LogP contribution in [0.5, 0.6) is 5.75 Å². The number of nitrogens with one attached hydrogen (secondary N) is 1. The highest BCUT2D eigenvalue weighted by molar-refractivity contribution is 6.32. The summed E-state index contributed by atoms with van der Waals surface area (Å²) in [6.07, 6.45) is 0.841. The van der Waals surface area contributed by atoms with Gasteiger partial charge in [-0.25, -0.2) is 0 Å². The number of nitrogens with zero attached hydrogens (tertiary/aromatic N) is 1. The lowest BCUT2D eigenvalue weighted by Gasteiger charge is -2.21. The molecule has 2 rings (SSSR count). The third kappa shape index (κ3) is 5.81. The highest BCUT2D eigenvalue weighted by Crippen LogP contribution is 2.25. The van der Waals surface area contributed by atoms with E-state index in [1.54, 1.807) is 12.1 Å². The van der Waals surface area contributed by atoms with E-state index in [-0.39, 0.29) is 18.6 Å². The van der Waals surface area contributed by atoms with Crippen molar-refractivity contribution in [3.8, 4) is 11.8 Å². The SMILES string of the molecule is CC(C)C[C@@H](NC(=O)COc1ccc(C#N)cc1Cl)c1ccccc1. The Balaban J connectivity index is 1.98. The summed E-state index contributed by atoms with van der Waals surface area (Å²) in [6.45, 7) is 4.11. The van der Waals surface area contributed by atoms with Gasteiger partial charge in [-0.3, -0.25) is 4.79 Å². The van der Waals surface area contributed by atoms with Gasteiger partial charge < -0.3 is 10.1 Å². The van der Waals surface area contributed by atoms with Gasteiger partial charge in [0, 0.05) is 0 Å². The van der Waals surface area contributed by atoms with Crippen LogP contribution in [0, 0.1) is 17.2 Å². The molecule has 0 aliphatic rings. The van der Waals surface area contributed by atoms with Crippen molar-refractivity contribution in [3.05, 3.63) is 64.7 Å². The molecular formula is C20H21ClN2O2. The van der Waals surface area contributed by atoms with E-state index in [2.05, 4.69) is 19.2 Å². The summed E-state index contributed by atoms with van der Waals surface area (Å²) in [4.78, 5) is 12.3. The first-order valence-electron chi connectivity index (χ1n) is 8.16. The second-order valence-corrected chi connectivity index (χ2v) is 6.61. The molecule has 2 aromatic carbocycles. The van der Waals surface area contributed by atoms with Crippen LogP contribution in [0.2, 0.25) is 5.02 Å². The molecule has 0 heterocycles. The average molecular weight is 357 g/mol. The van der Waals surface area contributed by atoms with Gasteiger partial charge in [-0.15, -0.1) is 0 Å². The molecule has 0 bridgehead atoms. The summed E-state index contributed by atoms with van der Waals surface area (Å²) in [6, 6.07) is 16.5. The van der Waals surface area contributed by atoms with Crippen molar-refractivity contribution in [2.24, 2.45) is 5.92 Å². The van der Waals surface area contributed by atoms with Gasteiger partial charge in [-0.1, -0.05) is 55.8 Å². The van der Waals surface area contributed by atoms with Crippen molar-refractivity contribution in [1.82, 2.24) is 5.32 Å². The summed E-state index contributed by atoms with van der Waals surface area (Å²) in [5, 5.41) is 12.2. The number of hydrogen-bond acceptors (Lipinski definition) is 3. The standard InChI is InChI=1S/C20H21ClN2O2/c1-14(2)10-18(16-6-4-3-5-7-16)23-20(24)13-25-19-9-8-15(12-22)11-17(19)21/h3-9,11,14,18H,10,13H2,1-2H3,(H,23,24)/t18-/m1/s1. The van der Waals surface area contributed by atoms with E-state index < -0.39 is 0 Å². The molecule has 1 atom stereocenters. The third-order valence-corrected chi connectivity index (χ3v) is 3.96. The fraction of sp³-hybridized carbons (Fsp3) is 0.300. The minimum absolute atomic E-state index is 0.0614. The predicted octanol–water partition coefficient (Wildman–Crippen LogP) is 4.49. The van der Waals surface area contributed by atoms with Crippen LogP contribution in [0.4, 0.5) is 0 Å². The molecular weight excluding hydrogens is 336 g/mol. The van der Waals surface area contributed by atoms with Crippen LogP contribution >= 0.6 is 11.6 Å². The van der Waals surface area contributed by atoms with Crippen LogP contribution in [-0.2, 0) is 4.79 Å². The predicted molar refractivity (Wildman–Crippen MR) is 98.4 cm³/mol. The van der Waals surface area contributed by atoms with Crippen LogP contribution in [0.1, 0.15) is 37.4 Å². The molecule has 25 heavy (non-hydrogen) atoms. The highest BCUT2D eigenvalue weighted by atomic mass is 35.5. The van der Waals surface area contributed by atoms with E-state index in [9.17, 15) is 4.79 Å². The summed E-state index contributed by atoms with van der Waals surface area (Å²) in [5.41, 5.74) is 1.52. The van der Waals surface area contributed by atoms with E-state index >= 15 is 0 Å². The largest absolute Gasteiger partial charge is 0.482 e. The zero-order valence-electron chi connectivity index (χ0n) is 14.3. The van der Waals surface area contributed by atoms with E-state index in [1.165, 1.54) is 6.07 Å². The number of benzene rings is 2. The molecule has 0 unspecified atom stereocenters.